The van der Waals surface area contributed by atoms with Crippen molar-refractivity contribution in [3.8, 4) is 0 Å². The Labute approximate surface area is 150 Å². The van der Waals surface area contributed by atoms with Gasteiger partial charge in [0.25, 0.3) is 0 Å². The van der Waals surface area contributed by atoms with Crippen molar-refractivity contribution in [3.63, 3.8) is 0 Å². The molecule has 0 bridgehead atoms. The summed E-state index contributed by atoms with van der Waals surface area (Å²) >= 11 is 1.96. The van der Waals surface area contributed by atoms with Crippen LogP contribution in [0.4, 0.5) is 0 Å². The molecule has 2 N–H and O–H groups in total. The molecule has 1 heterocycles. The zero-order valence-corrected chi connectivity index (χ0v) is 15.5. The second-order valence-electron chi connectivity index (χ2n) is 6.49. The van der Waals surface area contributed by atoms with Crippen molar-refractivity contribution in [2.45, 2.75) is 48.4 Å². The van der Waals surface area contributed by atoms with Crippen molar-refractivity contribution in [2.24, 2.45) is 5.92 Å². The number of morpholine rings is 1. The molecule has 5 heteroatoms. The molecule has 130 valence electrons. The van der Waals surface area contributed by atoms with Crippen molar-refractivity contribution in [1.82, 2.24) is 10.6 Å². The second-order valence-corrected chi connectivity index (χ2v) is 8.00. The van der Waals surface area contributed by atoms with E-state index in [-0.39, 0.29) is 12.4 Å². The molecule has 2 aliphatic rings. The van der Waals surface area contributed by atoms with Crippen molar-refractivity contribution in [1.29, 1.82) is 0 Å². The number of hydrogen-bond donors (Lipinski definition) is 2. The van der Waals surface area contributed by atoms with Crippen LogP contribution in [0.2, 0.25) is 0 Å². The van der Waals surface area contributed by atoms with Gasteiger partial charge in [0.2, 0.25) is 0 Å². The van der Waals surface area contributed by atoms with Crippen LogP contribution in [0.1, 0.15) is 26.2 Å². The third kappa shape index (κ3) is 5.64. The van der Waals surface area contributed by atoms with Gasteiger partial charge in [-0.05, 0) is 30.9 Å². The summed E-state index contributed by atoms with van der Waals surface area (Å²) < 4.78 is 5.65. The lowest BCUT2D eigenvalue weighted by Crippen LogP contribution is -2.51. The summed E-state index contributed by atoms with van der Waals surface area (Å²) in [6.07, 6.45) is 3.99. The monoisotopic (exact) mass is 356 g/mol. The highest BCUT2D eigenvalue weighted by Gasteiger charge is 2.34. The summed E-state index contributed by atoms with van der Waals surface area (Å²) in [4.78, 5) is 1.36. The van der Waals surface area contributed by atoms with Gasteiger partial charge in [-0.15, -0.1) is 24.2 Å². The molecule has 3 rings (SSSR count). The Morgan fingerprint density at radius 1 is 1.30 bits per heavy atom. The Hall–Kier alpha value is -0.260. The number of rotatable bonds is 6. The van der Waals surface area contributed by atoms with E-state index in [0.717, 1.165) is 32.2 Å². The molecule has 3 nitrogen and oxygen atoms in total. The first-order valence-corrected chi connectivity index (χ1v) is 9.47. The highest BCUT2D eigenvalue weighted by molar-refractivity contribution is 8.00. The first kappa shape index (κ1) is 19.1. The van der Waals surface area contributed by atoms with E-state index in [4.69, 9.17) is 4.74 Å². The Kier molecular flexibility index (Phi) is 8.21. The average Bonchev–Trinajstić information content (AvgIpc) is 3.03. The van der Waals surface area contributed by atoms with E-state index in [1.807, 2.05) is 11.8 Å². The molecular formula is C18H29ClN2OS. The fourth-order valence-corrected chi connectivity index (χ4v) is 4.63. The van der Waals surface area contributed by atoms with E-state index in [0.29, 0.717) is 17.3 Å². The Balaban J connectivity index is 0.00000192. The first-order valence-electron chi connectivity index (χ1n) is 8.59. The van der Waals surface area contributed by atoms with Crippen LogP contribution in [0.5, 0.6) is 0 Å². The average molecular weight is 357 g/mol. The predicted octanol–water partition coefficient (Wildman–Crippen LogP) is 3.34. The van der Waals surface area contributed by atoms with E-state index in [1.165, 1.54) is 24.2 Å². The quantitative estimate of drug-likeness (QED) is 0.766. The molecule has 23 heavy (non-hydrogen) atoms. The van der Waals surface area contributed by atoms with Crippen molar-refractivity contribution in [2.75, 3.05) is 26.3 Å². The zero-order chi connectivity index (χ0) is 15.2. The third-order valence-electron chi connectivity index (χ3n) is 4.78. The second kappa shape index (κ2) is 9.90. The van der Waals surface area contributed by atoms with Gasteiger partial charge in [0.1, 0.15) is 0 Å². The molecule has 1 aromatic rings. The van der Waals surface area contributed by atoms with Gasteiger partial charge in [-0.2, -0.15) is 0 Å². The summed E-state index contributed by atoms with van der Waals surface area (Å²) in [5.74, 6) is 0.731. The maximum atomic E-state index is 5.65. The predicted molar refractivity (Wildman–Crippen MR) is 101 cm³/mol. The SMILES string of the molecule is CC(CNC1CCCC1C1COCCN1)Sc1ccccc1.Cl. The summed E-state index contributed by atoms with van der Waals surface area (Å²) in [5.41, 5.74) is 0. The topological polar surface area (TPSA) is 33.3 Å². The third-order valence-corrected chi connectivity index (χ3v) is 5.90. The Morgan fingerprint density at radius 2 is 2.13 bits per heavy atom. The fraction of sp³-hybridized carbons (Fsp3) is 0.667. The largest absolute Gasteiger partial charge is 0.379 e. The lowest BCUT2D eigenvalue weighted by atomic mass is 9.94. The van der Waals surface area contributed by atoms with Crippen LogP contribution < -0.4 is 10.6 Å². The number of halogens is 1. The van der Waals surface area contributed by atoms with Crippen molar-refractivity contribution >= 4 is 24.2 Å². The number of nitrogens with one attached hydrogen (secondary N) is 2. The standard InChI is InChI=1S/C18H28N2OS.ClH/c1-14(22-15-6-3-2-4-7-15)12-20-17-9-5-8-16(17)18-13-21-11-10-19-18;/h2-4,6-7,14,16-20H,5,8-13H2,1H3;1H. The van der Waals surface area contributed by atoms with Gasteiger partial charge in [0, 0.05) is 35.3 Å². The lowest BCUT2D eigenvalue weighted by molar-refractivity contribution is 0.0526. The van der Waals surface area contributed by atoms with E-state index < -0.39 is 0 Å². The molecule has 1 aliphatic heterocycles. The number of benzene rings is 1. The smallest absolute Gasteiger partial charge is 0.0623 e. The molecule has 4 atom stereocenters. The molecule has 1 aromatic carbocycles. The normalized spacial score (nSPS) is 29.0. The molecule has 0 spiro atoms. The van der Waals surface area contributed by atoms with Gasteiger partial charge < -0.3 is 15.4 Å². The maximum Gasteiger partial charge on any atom is 0.0623 e. The minimum absolute atomic E-state index is 0. The van der Waals surface area contributed by atoms with Crippen LogP contribution in [-0.4, -0.2) is 43.6 Å². The molecule has 1 saturated heterocycles. The lowest BCUT2D eigenvalue weighted by Gasteiger charge is -2.33. The van der Waals surface area contributed by atoms with Crippen LogP contribution in [-0.2, 0) is 4.74 Å². The number of hydrogen-bond acceptors (Lipinski definition) is 4. The van der Waals surface area contributed by atoms with Crippen LogP contribution in [0.15, 0.2) is 35.2 Å². The van der Waals surface area contributed by atoms with Crippen molar-refractivity contribution in [3.05, 3.63) is 30.3 Å². The Morgan fingerprint density at radius 3 is 2.87 bits per heavy atom. The highest BCUT2D eigenvalue weighted by atomic mass is 35.5. The van der Waals surface area contributed by atoms with Gasteiger partial charge in [-0.1, -0.05) is 31.5 Å². The molecule has 0 radical (unpaired) electrons. The van der Waals surface area contributed by atoms with E-state index >= 15 is 0 Å². The minimum Gasteiger partial charge on any atom is -0.379 e. The fourth-order valence-electron chi connectivity index (χ4n) is 3.67. The van der Waals surface area contributed by atoms with E-state index in [9.17, 15) is 0 Å². The Bertz CT molecular complexity index is 442. The summed E-state index contributed by atoms with van der Waals surface area (Å²) in [6, 6.07) is 11.9. The number of ether oxygens (including phenoxy) is 1. The maximum absolute atomic E-state index is 5.65. The molecule has 0 aromatic heterocycles. The van der Waals surface area contributed by atoms with E-state index in [2.05, 4.69) is 47.9 Å². The van der Waals surface area contributed by atoms with Crippen molar-refractivity contribution < 1.29 is 4.74 Å². The molecule has 4 unspecified atom stereocenters. The summed E-state index contributed by atoms with van der Waals surface area (Å²) in [5, 5.41) is 8.08. The van der Waals surface area contributed by atoms with Crippen LogP contribution in [0.3, 0.4) is 0 Å². The van der Waals surface area contributed by atoms with Crippen LogP contribution >= 0.6 is 24.2 Å². The molecule has 2 fully saturated rings. The minimum atomic E-state index is 0. The van der Waals surface area contributed by atoms with Gasteiger partial charge in [0.05, 0.1) is 13.2 Å². The zero-order valence-electron chi connectivity index (χ0n) is 13.9. The number of thioether (sulfide) groups is 1. The van der Waals surface area contributed by atoms with Gasteiger partial charge >= 0.3 is 0 Å². The van der Waals surface area contributed by atoms with Gasteiger partial charge in [0.15, 0.2) is 0 Å². The first-order chi connectivity index (χ1) is 10.8. The molecule has 1 saturated carbocycles. The summed E-state index contributed by atoms with van der Waals surface area (Å²) in [7, 11) is 0. The molecular weight excluding hydrogens is 328 g/mol. The highest BCUT2D eigenvalue weighted by Crippen LogP contribution is 2.30. The molecule has 0 amide bonds. The summed E-state index contributed by atoms with van der Waals surface area (Å²) in [6.45, 7) is 6.16. The van der Waals surface area contributed by atoms with Crippen LogP contribution in [0, 0.1) is 5.92 Å². The van der Waals surface area contributed by atoms with Gasteiger partial charge in [-0.25, -0.2) is 0 Å². The van der Waals surface area contributed by atoms with E-state index in [1.54, 1.807) is 0 Å². The van der Waals surface area contributed by atoms with Crippen LogP contribution in [0.25, 0.3) is 0 Å². The van der Waals surface area contributed by atoms with Gasteiger partial charge in [-0.3, -0.25) is 0 Å². The molecule has 1 aliphatic carbocycles.